The standard InChI is InChI=1S/C46H53N3O11/c1-2-21-58-46-42(48(45(53)31-12-13-31)26-30-11-17-40-41(22-30)57-28-56-40)25-38(47-59-27-29-9-14-33(15-10-29)49(54)55)36-23-32(7-3-5-19-50)35(8-4-6-20-51)43(44(36)46)37-24-34(52)16-18-39(37)60-46/h2,9-11,14-18,22-24,31-32,35,42-44,50-52H,1,3-8,12-13,19-21,25-28H2. The number of non-ortho nitro benzene ring substituents is 1. The summed E-state index contributed by atoms with van der Waals surface area (Å²) in [7, 11) is 0. The van der Waals surface area contributed by atoms with Gasteiger partial charge in [-0.05, 0) is 110 Å². The largest absolute Gasteiger partial charge is 0.508 e. The summed E-state index contributed by atoms with van der Waals surface area (Å²) in [4.78, 5) is 33.7. The quantitative estimate of drug-likeness (QED) is 0.0477. The minimum atomic E-state index is -1.45. The molecule has 8 rings (SSSR count). The molecule has 6 atom stereocenters. The number of aliphatic hydroxyl groups excluding tert-OH is 2. The number of aliphatic hydroxyl groups is 2. The van der Waals surface area contributed by atoms with Crippen LogP contribution in [-0.4, -0.2) is 75.2 Å². The third-order valence-electron chi connectivity index (χ3n) is 12.6. The summed E-state index contributed by atoms with van der Waals surface area (Å²) in [5.74, 6) is -0.532. The molecule has 5 aliphatic rings. The molecule has 2 fully saturated rings. The van der Waals surface area contributed by atoms with Gasteiger partial charge < -0.3 is 44.0 Å². The number of carbonyl (C=O) groups is 1. The second kappa shape index (κ2) is 18.0. The van der Waals surface area contributed by atoms with E-state index in [9.17, 15) is 30.2 Å². The Morgan fingerprint density at radius 2 is 1.70 bits per heavy atom. The van der Waals surface area contributed by atoms with Crippen molar-refractivity contribution in [3.05, 3.63) is 112 Å². The van der Waals surface area contributed by atoms with E-state index in [0.29, 0.717) is 41.4 Å². The number of benzene rings is 3. The lowest BCUT2D eigenvalue weighted by atomic mass is 9.55. The molecule has 3 aliphatic carbocycles. The monoisotopic (exact) mass is 823 g/mol. The normalized spacial score (nSPS) is 25.4. The fourth-order valence-corrected chi connectivity index (χ4v) is 9.70. The van der Waals surface area contributed by atoms with E-state index in [1.807, 2.05) is 23.1 Å². The molecule has 318 valence electrons. The Morgan fingerprint density at radius 3 is 2.43 bits per heavy atom. The Bertz CT molecular complexity index is 2120. The van der Waals surface area contributed by atoms with E-state index >= 15 is 0 Å². The van der Waals surface area contributed by atoms with E-state index in [0.717, 1.165) is 55.2 Å². The van der Waals surface area contributed by atoms with Crippen LogP contribution in [0.15, 0.2) is 90.1 Å². The predicted molar refractivity (Wildman–Crippen MR) is 220 cm³/mol. The van der Waals surface area contributed by atoms with Crippen LogP contribution in [0.5, 0.6) is 23.0 Å². The number of nitrogens with zero attached hydrogens (tertiary/aromatic N) is 3. The van der Waals surface area contributed by atoms with Gasteiger partial charge in [0.2, 0.25) is 18.5 Å². The zero-order valence-electron chi connectivity index (χ0n) is 33.7. The number of ether oxygens (including phenoxy) is 4. The van der Waals surface area contributed by atoms with Gasteiger partial charge in [0.05, 0.1) is 23.2 Å². The zero-order chi connectivity index (χ0) is 41.8. The lowest BCUT2D eigenvalue weighted by Crippen LogP contribution is -2.70. The van der Waals surface area contributed by atoms with Crippen molar-refractivity contribution >= 4 is 17.3 Å². The van der Waals surface area contributed by atoms with Gasteiger partial charge in [-0.1, -0.05) is 36.2 Å². The highest BCUT2D eigenvalue weighted by Crippen LogP contribution is 2.62. The van der Waals surface area contributed by atoms with E-state index in [-0.39, 0.29) is 87.2 Å². The maximum Gasteiger partial charge on any atom is 0.269 e. The molecule has 0 aromatic heterocycles. The van der Waals surface area contributed by atoms with Crippen molar-refractivity contribution in [2.75, 3.05) is 26.6 Å². The van der Waals surface area contributed by atoms with Gasteiger partial charge in [-0.3, -0.25) is 14.9 Å². The Morgan fingerprint density at radius 1 is 0.967 bits per heavy atom. The van der Waals surface area contributed by atoms with Crippen molar-refractivity contribution in [3.8, 4) is 23.0 Å². The summed E-state index contributed by atoms with van der Waals surface area (Å²) < 4.78 is 25.7. The zero-order valence-corrected chi connectivity index (χ0v) is 33.7. The molecule has 2 saturated carbocycles. The van der Waals surface area contributed by atoms with Crippen LogP contribution in [0, 0.1) is 33.8 Å². The van der Waals surface area contributed by atoms with Crippen molar-refractivity contribution in [2.24, 2.45) is 28.8 Å². The minimum absolute atomic E-state index is 0.00243. The molecular formula is C46H53N3O11. The molecule has 0 radical (unpaired) electrons. The number of nitro benzene ring substituents is 1. The van der Waals surface area contributed by atoms with E-state index < -0.39 is 22.7 Å². The molecule has 3 aromatic carbocycles. The van der Waals surface area contributed by atoms with Gasteiger partial charge in [0.15, 0.2) is 11.5 Å². The summed E-state index contributed by atoms with van der Waals surface area (Å²) in [6, 6.07) is 16.3. The maximum atomic E-state index is 14.8. The molecule has 2 heterocycles. The molecule has 14 heteroatoms. The van der Waals surface area contributed by atoms with E-state index in [1.165, 1.54) is 12.1 Å². The van der Waals surface area contributed by atoms with Crippen molar-refractivity contribution in [1.82, 2.24) is 4.90 Å². The highest BCUT2D eigenvalue weighted by Gasteiger charge is 2.66. The number of phenols is 1. The number of oxime groups is 1. The molecule has 3 N–H and O–H groups in total. The van der Waals surface area contributed by atoms with Crippen molar-refractivity contribution < 1.29 is 48.8 Å². The highest BCUT2D eigenvalue weighted by atomic mass is 16.7. The lowest BCUT2D eigenvalue weighted by molar-refractivity contribution is -0.384. The number of allylic oxidation sites excluding steroid dienone is 1. The van der Waals surface area contributed by atoms with Gasteiger partial charge in [-0.25, -0.2) is 0 Å². The molecule has 3 aromatic rings. The number of aromatic hydroxyl groups is 1. The SMILES string of the molecule is C=CCOC12Oc3ccc(O)cc3C3C(CCCCO)C(CCCCO)C=C(C(=NOCc4ccc([N+](=O)[O-])cc4)CC1N(Cc1ccc4c(c1)OCO4)C(=O)C1CC1)C32. The number of rotatable bonds is 19. The Kier molecular flexibility index (Phi) is 12.4. The summed E-state index contributed by atoms with van der Waals surface area (Å²) in [6.45, 7) is 4.65. The van der Waals surface area contributed by atoms with Gasteiger partial charge in [-0.2, -0.15) is 0 Å². The third kappa shape index (κ3) is 8.32. The second-order valence-corrected chi connectivity index (χ2v) is 16.4. The van der Waals surface area contributed by atoms with Crippen LogP contribution in [0.4, 0.5) is 5.69 Å². The van der Waals surface area contributed by atoms with E-state index in [1.54, 1.807) is 36.4 Å². The molecule has 1 amide bonds. The second-order valence-electron chi connectivity index (χ2n) is 16.4. The number of nitro groups is 1. The molecule has 6 unspecified atom stereocenters. The number of hydrogen-bond donors (Lipinski definition) is 3. The maximum absolute atomic E-state index is 14.8. The van der Waals surface area contributed by atoms with Crippen molar-refractivity contribution in [1.29, 1.82) is 0 Å². The number of fused-ring (bicyclic) bond motifs is 3. The lowest BCUT2D eigenvalue weighted by Gasteiger charge is -2.60. The van der Waals surface area contributed by atoms with Gasteiger partial charge in [0.1, 0.15) is 24.1 Å². The Labute approximate surface area is 349 Å². The van der Waals surface area contributed by atoms with Crippen LogP contribution < -0.4 is 14.2 Å². The molecule has 0 saturated heterocycles. The van der Waals surface area contributed by atoms with Gasteiger partial charge >= 0.3 is 0 Å². The van der Waals surface area contributed by atoms with Crippen LogP contribution in [-0.2, 0) is 27.5 Å². The first-order chi connectivity index (χ1) is 29.2. The van der Waals surface area contributed by atoms with E-state index in [2.05, 4.69) is 12.7 Å². The molecular weight excluding hydrogens is 771 g/mol. The molecule has 14 nitrogen and oxygen atoms in total. The smallest absolute Gasteiger partial charge is 0.269 e. The Hall–Kier alpha value is -5.44. The predicted octanol–water partition coefficient (Wildman–Crippen LogP) is 7.30. The average Bonchev–Trinajstić information content (AvgIpc) is 4.00. The highest BCUT2D eigenvalue weighted by molar-refractivity contribution is 6.03. The Balaban J connectivity index is 1.30. The first-order valence-corrected chi connectivity index (χ1v) is 21.1. The number of unbranched alkanes of at least 4 members (excludes halogenated alkanes) is 2. The van der Waals surface area contributed by atoms with Crippen LogP contribution in [0.1, 0.15) is 80.4 Å². The van der Waals surface area contributed by atoms with Gasteiger partial charge in [0.25, 0.3) is 5.69 Å². The summed E-state index contributed by atoms with van der Waals surface area (Å²) >= 11 is 0. The number of hydrogen-bond acceptors (Lipinski definition) is 12. The first-order valence-electron chi connectivity index (χ1n) is 21.1. The number of carbonyl (C=O) groups excluding carboxylic acids is 1. The third-order valence-corrected chi connectivity index (χ3v) is 12.6. The number of amides is 1. The fraction of sp³-hybridized carbons (Fsp3) is 0.478. The van der Waals surface area contributed by atoms with Crippen LogP contribution in [0.25, 0.3) is 0 Å². The summed E-state index contributed by atoms with van der Waals surface area (Å²) in [5, 5.41) is 46.9. The summed E-state index contributed by atoms with van der Waals surface area (Å²) in [5.41, 5.74) is 3.83. The van der Waals surface area contributed by atoms with Crippen LogP contribution in [0.2, 0.25) is 0 Å². The van der Waals surface area contributed by atoms with Crippen LogP contribution in [0.3, 0.4) is 0 Å². The van der Waals surface area contributed by atoms with Crippen LogP contribution >= 0.6 is 0 Å². The molecule has 0 spiro atoms. The van der Waals surface area contributed by atoms with Gasteiger partial charge in [-0.15, -0.1) is 6.58 Å². The first kappa shape index (κ1) is 41.3. The minimum Gasteiger partial charge on any atom is -0.508 e. The average molecular weight is 824 g/mol. The summed E-state index contributed by atoms with van der Waals surface area (Å²) in [6.07, 6.45) is 10.1. The topological polar surface area (TPSA) is 183 Å². The van der Waals surface area contributed by atoms with Crippen molar-refractivity contribution in [2.45, 2.75) is 88.7 Å². The molecule has 60 heavy (non-hydrogen) atoms. The van der Waals surface area contributed by atoms with Gasteiger partial charge in [0, 0.05) is 55.7 Å². The van der Waals surface area contributed by atoms with Crippen molar-refractivity contribution in [3.63, 3.8) is 0 Å². The number of phenolic OH excluding ortho intramolecular Hbond substituents is 1. The van der Waals surface area contributed by atoms with E-state index in [4.69, 9.17) is 28.9 Å². The fourth-order valence-electron chi connectivity index (χ4n) is 9.70. The molecule has 2 aliphatic heterocycles. The molecule has 0 bridgehead atoms.